The molecule has 1 unspecified atom stereocenters. The Morgan fingerprint density at radius 3 is 2.68 bits per heavy atom. The summed E-state index contributed by atoms with van der Waals surface area (Å²) >= 11 is 0. The Morgan fingerprint density at radius 2 is 1.91 bits per heavy atom. The minimum Gasteiger partial charge on any atom is -0.497 e. The molecule has 112 valence electrons. The highest BCUT2D eigenvalue weighted by atomic mass is 16.5. The van der Waals surface area contributed by atoms with Crippen molar-refractivity contribution in [3.63, 3.8) is 0 Å². The molecule has 4 heteroatoms. The second kappa shape index (κ2) is 4.85. The fourth-order valence-corrected chi connectivity index (χ4v) is 3.64. The Hall–Kier alpha value is -2.33. The van der Waals surface area contributed by atoms with Gasteiger partial charge in [-0.25, -0.2) is 0 Å². The highest BCUT2D eigenvalue weighted by Gasteiger charge is 2.51. The number of carbonyl (C=O) groups excluding carboxylic acids is 1. The van der Waals surface area contributed by atoms with Crippen LogP contribution in [0.2, 0.25) is 0 Å². The molecule has 0 aliphatic carbocycles. The average molecular weight is 294 g/mol. The first kappa shape index (κ1) is 13.3. The molecule has 22 heavy (non-hydrogen) atoms. The lowest BCUT2D eigenvalue weighted by Gasteiger charge is -2.44. The molecule has 0 aromatic heterocycles. The van der Waals surface area contributed by atoms with Crippen LogP contribution in [0.3, 0.4) is 0 Å². The number of ether oxygens (including phenoxy) is 1. The first-order valence-electron chi connectivity index (χ1n) is 7.58. The lowest BCUT2D eigenvalue weighted by atomic mass is 9.89. The van der Waals surface area contributed by atoms with E-state index in [-0.39, 0.29) is 5.91 Å². The van der Waals surface area contributed by atoms with Gasteiger partial charge in [0.25, 0.3) is 5.91 Å². The first-order valence-corrected chi connectivity index (χ1v) is 7.58. The van der Waals surface area contributed by atoms with Gasteiger partial charge in [0.15, 0.2) is 0 Å². The van der Waals surface area contributed by atoms with Crippen LogP contribution in [0, 0.1) is 0 Å². The molecule has 1 saturated heterocycles. The van der Waals surface area contributed by atoms with Crippen LogP contribution >= 0.6 is 0 Å². The molecule has 1 atom stereocenters. The summed E-state index contributed by atoms with van der Waals surface area (Å²) in [7, 11) is 1.66. The highest BCUT2D eigenvalue weighted by Crippen LogP contribution is 2.43. The zero-order valence-electron chi connectivity index (χ0n) is 12.5. The predicted molar refractivity (Wildman–Crippen MR) is 83.9 cm³/mol. The van der Waals surface area contributed by atoms with Crippen LogP contribution in [0.4, 0.5) is 0 Å². The molecule has 2 aliphatic rings. The van der Waals surface area contributed by atoms with E-state index in [1.54, 1.807) is 7.11 Å². The third-order valence-corrected chi connectivity index (χ3v) is 4.64. The number of rotatable bonds is 2. The van der Waals surface area contributed by atoms with Crippen LogP contribution in [0.25, 0.3) is 0 Å². The third kappa shape index (κ3) is 1.64. The molecule has 2 aromatic carbocycles. The number of nitrogens with one attached hydrogen (secondary N) is 1. The first-order chi connectivity index (χ1) is 10.8. The van der Waals surface area contributed by atoms with E-state index < -0.39 is 5.66 Å². The zero-order valence-corrected chi connectivity index (χ0v) is 12.5. The highest BCUT2D eigenvalue weighted by molar-refractivity contribution is 6.00. The second-order valence-corrected chi connectivity index (χ2v) is 5.72. The van der Waals surface area contributed by atoms with Gasteiger partial charge in [0.2, 0.25) is 0 Å². The van der Waals surface area contributed by atoms with Gasteiger partial charge >= 0.3 is 0 Å². The summed E-state index contributed by atoms with van der Waals surface area (Å²) in [6.07, 6.45) is 0.970. The van der Waals surface area contributed by atoms with Crippen LogP contribution in [-0.2, 0) is 5.66 Å². The summed E-state index contributed by atoms with van der Waals surface area (Å²) < 4.78 is 5.26. The molecular weight excluding hydrogens is 276 g/mol. The SMILES string of the molecule is COc1ccc(C23NCCCN2C(=O)c2ccccc23)cc1. The van der Waals surface area contributed by atoms with Gasteiger partial charge in [-0.2, -0.15) is 0 Å². The number of nitrogens with zero attached hydrogens (tertiary/aromatic N) is 1. The number of fused-ring (bicyclic) bond motifs is 3. The average Bonchev–Trinajstić information content (AvgIpc) is 2.86. The van der Waals surface area contributed by atoms with Crippen LogP contribution in [0.5, 0.6) is 5.75 Å². The lowest BCUT2D eigenvalue weighted by Crippen LogP contribution is -2.59. The summed E-state index contributed by atoms with van der Waals surface area (Å²) in [5.41, 5.74) is 2.38. The molecule has 1 amide bonds. The fraction of sp³-hybridized carbons (Fsp3) is 0.278. The number of hydrogen-bond acceptors (Lipinski definition) is 3. The van der Waals surface area contributed by atoms with Crippen molar-refractivity contribution < 1.29 is 9.53 Å². The summed E-state index contributed by atoms with van der Waals surface area (Å²) in [6, 6.07) is 15.9. The van der Waals surface area contributed by atoms with E-state index in [2.05, 4.69) is 11.4 Å². The summed E-state index contributed by atoms with van der Waals surface area (Å²) in [6.45, 7) is 1.66. The number of methoxy groups -OCH3 is 1. The third-order valence-electron chi connectivity index (χ3n) is 4.64. The zero-order chi connectivity index (χ0) is 15.2. The molecule has 0 saturated carbocycles. The molecule has 0 radical (unpaired) electrons. The minimum absolute atomic E-state index is 0.110. The maximum Gasteiger partial charge on any atom is 0.256 e. The lowest BCUT2D eigenvalue weighted by molar-refractivity contribution is 0.0457. The smallest absolute Gasteiger partial charge is 0.256 e. The Balaban J connectivity index is 1.93. The maximum absolute atomic E-state index is 12.8. The Kier molecular flexibility index (Phi) is 2.94. The minimum atomic E-state index is -0.543. The molecule has 4 nitrogen and oxygen atoms in total. The largest absolute Gasteiger partial charge is 0.497 e. The molecular formula is C18H18N2O2. The van der Waals surface area contributed by atoms with E-state index in [0.717, 1.165) is 42.0 Å². The van der Waals surface area contributed by atoms with Crippen molar-refractivity contribution in [2.24, 2.45) is 0 Å². The van der Waals surface area contributed by atoms with Crippen molar-refractivity contribution in [3.05, 3.63) is 65.2 Å². The van der Waals surface area contributed by atoms with Gasteiger partial charge in [-0.15, -0.1) is 0 Å². The van der Waals surface area contributed by atoms with Crippen LogP contribution in [-0.4, -0.2) is 31.0 Å². The number of hydrogen-bond donors (Lipinski definition) is 1. The topological polar surface area (TPSA) is 41.6 Å². The predicted octanol–water partition coefficient (Wildman–Crippen LogP) is 2.35. The van der Waals surface area contributed by atoms with Crippen molar-refractivity contribution in [2.75, 3.05) is 20.2 Å². The monoisotopic (exact) mass is 294 g/mol. The van der Waals surface area contributed by atoms with Crippen LogP contribution in [0.1, 0.15) is 27.9 Å². The van der Waals surface area contributed by atoms with Gasteiger partial charge < -0.3 is 9.64 Å². The summed E-state index contributed by atoms with van der Waals surface area (Å²) in [4.78, 5) is 14.8. The standard InChI is InChI=1S/C18H18N2O2/c1-22-14-9-7-13(8-10-14)18-16-6-3-2-5-15(16)17(21)20(18)12-4-11-19-18/h2-3,5-10,19H,4,11-12H2,1H3. The van der Waals surface area contributed by atoms with E-state index in [4.69, 9.17) is 4.74 Å². The van der Waals surface area contributed by atoms with Gasteiger partial charge in [0.1, 0.15) is 11.4 Å². The van der Waals surface area contributed by atoms with E-state index in [0.29, 0.717) is 0 Å². The van der Waals surface area contributed by atoms with Crippen molar-refractivity contribution in [1.29, 1.82) is 0 Å². The molecule has 0 bridgehead atoms. The molecule has 2 heterocycles. The van der Waals surface area contributed by atoms with Crippen molar-refractivity contribution in [1.82, 2.24) is 10.2 Å². The summed E-state index contributed by atoms with van der Waals surface area (Å²) in [5.74, 6) is 0.929. The van der Waals surface area contributed by atoms with Crippen molar-refractivity contribution in [2.45, 2.75) is 12.1 Å². The molecule has 0 spiro atoms. The molecule has 1 fully saturated rings. The van der Waals surface area contributed by atoms with Gasteiger partial charge in [-0.1, -0.05) is 30.3 Å². The Morgan fingerprint density at radius 1 is 1.14 bits per heavy atom. The van der Waals surface area contributed by atoms with Crippen molar-refractivity contribution >= 4 is 5.91 Å². The summed E-state index contributed by atoms with van der Waals surface area (Å²) in [5, 5.41) is 3.60. The van der Waals surface area contributed by atoms with Gasteiger partial charge in [0, 0.05) is 17.7 Å². The second-order valence-electron chi connectivity index (χ2n) is 5.72. The Labute approximate surface area is 129 Å². The van der Waals surface area contributed by atoms with Gasteiger partial charge in [-0.3, -0.25) is 10.1 Å². The quantitative estimate of drug-likeness (QED) is 0.924. The van der Waals surface area contributed by atoms with E-state index in [1.165, 1.54) is 0 Å². The van der Waals surface area contributed by atoms with Crippen LogP contribution in [0.15, 0.2) is 48.5 Å². The Bertz CT molecular complexity index is 726. The maximum atomic E-state index is 12.8. The van der Waals surface area contributed by atoms with E-state index in [1.807, 2.05) is 47.4 Å². The van der Waals surface area contributed by atoms with E-state index >= 15 is 0 Å². The molecule has 2 aromatic rings. The van der Waals surface area contributed by atoms with Crippen LogP contribution < -0.4 is 10.1 Å². The molecule has 4 rings (SSSR count). The normalized spacial score (nSPS) is 23.1. The fourth-order valence-electron chi connectivity index (χ4n) is 3.64. The molecule has 2 aliphatic heterocycles. The van der Waals surface area contributed by atoms with E-state index in [9.17, 15) is 4.79 Å². The van der Waals surface area contributed by atoms with Gasteiger partial charge in [0.05, 0.1) is 7.11 Å². The molecule has 1 N–H and O–H groups in total. The van der Waals surface area contributed by atoms with Gasteiger partial charge in [-0.05, 0) is 36.7 Å². The van der Waals surface area contributed by atoms with Crippen molar-refractivity contribution in [3.8, 4) is 5.75 Å². The number of benzene rings is 2. The number of amides is 1. The number of carbonyl (C=O) groups is 1.